The molecular weight excluding hydrogens is 391 g/mol. The number of rotatable bonds is 11. The number of halogens is 1. The molecule has 0 heterocycles. The van der Waals surface area contributed by atoms with Crippen LogP contribution in [-0.2, 0) is 11.2 Å². The van der Waals surface area contributed by atoms with Gasteiger partial charge in [-0.3, -0.25) is 9.79 Å². The zero-order valence-corrected chi connectivity index (χ0v) is 18.5. The molecule has 0 spiro atoms. The van der Waals surface area contributed by atoms with Crippen molar-refractivity contribution in [3.63, 3.8) is 0 Å². The molecule has 31 heavy (non-hydrogen) atoms. The van der Waals surface area contributed by atoms with Crippen molar-refractivity contribution in [3.05, 3.63) is 71.3 Å². The normalized spacial score (nSPS) is 16.1. The molecule has 0 aliphatic heterocycles. The average molecular weight is 425 g/mol. The van der Waals surface area contributed by atoms with E-state index in [4.69, 9.17) is 11.1 Å². The van der Waals surface area contributed by atoms with Crippen molar-refractivity contribution in [1.82, 2.24) is 5.32 Å². The lowest BCUT2D eigenvalue weighted by Crippen LogP contribution is -2.27. The Morgan fingerprint density at radius 3 is 2.77 bits per heavy atom. The molecule has 1 unspecified atom stereocenters. The van der Waals surface area contributed by atoms with Crippen molar-refractivity contribution >= 4 is 17.8 Å². The second-order valence-corrected chi connectivity index (χ2v) is 8.13. The third-order valence-corrected chi connectivity index (χ3v) is 5.56. The molecular formula is C25H33FN4O. The van der Waals surface area contributed by atoms with Gasteiger partial charge in [-0.1, -0.05) is 26.0 Å². The molecule has 0 aromatic heterocycles. The maximum absolute atomic E-state index is 15.6. The van der Waals surface area contributed by atoms with E-state index in [-0.39, 0.29) is 17.6 Å². The molecule has 1 aromatic rings. The molecule has 1 aromatic carbocycles. The Kier molecular flexibility index (Phi) is 9.38. The van der Waals surface area contributed by atoms with Crippen LogP contribution in [0.4, 0.5) is 4.39 Å². The zero-order valence-electron chi connectivity index (χ0n) is 18.5. The van der Waals surface area contributed by atoms with Crippen LogP contribution >= 0.6 is 0 Å². The van der Waals surface area contributed by atoms with Crippen molar-refractivity contribution < 1.29 is 9.18 Å². The summed E-state index contributed by atoms with van der Waals surface area (Å²) in [5, 5.41) is 9.75. The number of carbonyl (C=O) groups excluding carboxylic acids is 1. The van der Waals surface area contributed by atoms with Crippen LogP contribution in [0.5, 0.6) is 0 Å². The standard InChI is InChI=1S/C25H33FN4O/c1-4-23(29-16-18(3)28)22-13-12-20(19-7-5-8-19)21(25(22)26)11-10-17(2)15-30-24(31)9-6-14-27/h4,6,9,12-14,16-17,19,27H,1,5,7-8,10-11,15,28H2,2-3H3,(H,30,31)/b9-6-,18-16+,27-14?,29-23?. The van der Waals surface area contributed by atoms with E-state index in [1.54, 1.807) is 19.1 Å². The van der Waals surface area contributed by atoms with E-state index < -0.39 is 0 Å². The maximum atomic E-state index is 15.6. The molecule has 1 amide bonds. The number of nitrogens with two attached hydrogens (primary N) is 1. The number of aliphatic imine (C=N–C) groups is 1. The van der Waals surface area contributed by atoms with Gasteiger partial charge < -0.3 is 16.5 Å². The first-order valence-corrected chi connectivity index (χ1v) is 10.8. The van der Waals surface area contributed by atoms with Gasteiger partial charge in [0.2, 0.25) is 5.91 Å². The van der Waals surface area contributed by atoms with Gasteiger partial charge in [0.15, 0.2) is 0 Å². The largest absolute Gasteiger partial charge is 0.401 e. The summed E-state index contributed by atoms with van der Waals surface area (Å²) in [5.41, 5.74) is 8.93. The number of carbonyl (C=O) groups is 1. The van der Waals surface area contributed by atoms with Crippen LogP contribution < -0.4 is 11.1 Å². The lowest BCUT2D eigenvalue weighted by atomic mass is 9.76. The van der Waals surface area contributed by atoms with Gasteiger partial charge in [-0.15, -0.1) is 0 Å². The Bertz CT molecular complexity index is 893. The van der Waals surface area contributed by atoms with Crippen molar-refractivity contribution in [1.29, 1.82) is 5.41 Å². The molecule has 1 atom stereocenters. The number of nitrogens with one attached hydrogen (secondary N) is 2. The number of benzene rings is 1. The van der Waals surface area contributed by atoms with E-state index in [9.17, 15) is 4.79 Å². The monoisotopic (exact) mass is 424 g/mol. The van der Waals surface area contributed by atoms with Crippen LogP contribution in [0.25, 0.3) is 0 Å². The second kappa shape index (κ2) is 12.0. The van der Waals surface area contributed by atoms with Gasteiger partial charge >= 0.3 is 0 Å². The number of hydrogen-bond donors (Lipinski definition) is 3. The van der Waals surface area contributed by atoms with E-state index in [0.717, 1.165) is 36.6 Å². The molecule has 5 nitrogen and oxygen atoms in total. The lowest BCUT2D eigenvalue weighted by Gasteiger charge is -2.29. The molecule has 0 bridgehead atoms. The van der Waals surface area contributed by atoms with Crippen LogP contribution in [0.2, 0.25) is 0 Å². The Labute approximate surface area is 184 Å². The van der Waals surface area contributed by atoms with Crippen LogP contribution in [0.3, 0.4) is 0 Å². The summed E-state index contributed by atoms with van der Waals surface area (Å²) in [4.78, 5) is 16.0. The van der Waals surface area contributed by atoms with Crippen molar-refractivity contribution in [3.8, 4) is 0 Å². The minimum atomic E-state index is -0.240. The Hall–Kier alpha value is -3.02. The van der Waals surface area contributed by atoms with Gasteiger partial charge in [0.05, 0.1) is 5.71 Å². The lowest BCUT2D eigenvalue weighted by molar-refractivity contribution is -0.116. The van der Waals surface area contributed by atoms with E-state index >= 15 is 4.39 Å². The summed E-state index contributed by atoms with van der Waals surface area (Å²) < 4.78 is 15.6. The Balaban J connectivity index is 2.21. The highest BCUT2D eigenvalue weighted by Crippen LogP contribution is 2.39. The third kappa shape index (κ3) is 7.02. The average Bonchev–Trinajstić information content (AvgIpc) is 2.70. The highest BCUT2D eigenvalue weighted by atomic mass is 19.1. The summed E-state index contributed by atoms with van der Waals surface area (Å²) in [5.74, 6) is 0.130. The van der Waals surface area contributed by atoms with Crippen LogP contribution in [0.1, 0.15) is 62.1 Å². The van der Waals surface area contributed by atoms with Gasteiger partial charge in [0.1, 0.15) is 5.82 Å². The summed E-state index contributed by atoms with van der Waals surface area (Å²) in [6.45, 7) is 8.05. The number of nitrogens with zero attached hydrogens (tertiary/aromatic N) is 1. The first-order valence-electron chi connectivity index (χ1n) is 10.8. The fourth-order valence-corrected chi connectivity index (χ4v) is 3.56. The number of allylic oxidation sites excluding steroid dienone is 3. The molecule has 1 saturated carbocycles. The molecule has 1 fully saturated rings. The minimum Gasteiger partial charge on any atom is -0.401 e. The number of amides is 1. The third-order valence-electron chi connectivity index (χ3n) is 5.56. The van der Waals surface area contributed by atoms with Crippen molar-refractivity contribution in [2.75, 3.05) is 6.54 Å². The summed E-state index contributed by atoms with van der Waals surface area (Å²) in [7, 11) is 0. The highest BCUT2D eigenvalue weighted by Gasteiger charge is 2.25. The number of hydrogen-bond acceptors (Lipinski definition) is 4. The topological polar surface area (TPSA) is 91.3 Å². The Morgan fingerprint density at radius 2 is 2.19 bits per heavy atom. The second-order valence-electron chi connectivity index (χ2n) is 8.13. The zero-order chi connectivity index (χ0) is 22.8. The summed E-state index contributed by atoms with van der Waals surface area (Å²) in [6.07, 6.45) is 11.5. The van der Waals surface area contributed by atoms with E-state index in [2.05, 4.69) is 16.9 Å². The van der Waals surface area contributed by atoms with E-state index in [0.29, 0.717) is 35.9 Å². The minimum absolute atomic E-state index is 0.185. The van der Waals surface area contributed by atoms with Gasteiger partial charge in [0.25, 0.3) is 0 Å². The predicted molar refractivity (Wildman–Crippen MR) is 126 cm³/mol. The van der Waals surface area contributed by atoms with E-state index in [1.807, 2.05) is 13.0 Å². The van der Waals surface area contributed by atoms with E-state index in [1.165, 1.54) is 24.8 Å². The smallest absolute Gasteiger partial charge is 0.244 e. The van der Waals surface area contributed by atoms with Crippen molar-refractivity contribution in [2.45, 2.75) is 51.9 Å². The highest BCUT2D eigenvalue weighted by molar-refractivity contribution is 6.09. The molecule has 2 rings (SSSR count). The molecule has 6 heteroatoms. The van der Waals surface area contributed by atoms with Crippen LogP contribution in [0.15, 0.2) is 53.8 Å². The fraction of sp³-hybridized carbons (Fsp3) is 0.400. The van der Waals surface area contributed by atoms with Gasteiger partial charge in [-0.25, -0.2) is 4.39 Å². The van der Waals surface area contributed by atoms with Crippen LogP contribution in [-0.4, -0.2) is 24.4 Å². The van der Waals surface area contributed by atoms with Crippen LogP contribution in [0, 0.1) is 17.1 Å². The summed E-state index contributed by atoms with van der Waals surface area (Å²) in [6, 6.07) is 3.83. The molecule has 1 aliphatic carbocycles. The van der Waals surface area contributed by atoms with Gasteiger partial charge in [-0.05, 0) is 73.8 Å². The molecule has 0 radical (unpaired) electrons. The van der Waals surface area contributed by atoms with Gasteiger partial charge in [0, 0.05) is 36.3 Å². The summed E-state index contributed by atoms with van der Waals surface area (Å²) >= 11 is 0. The first-order chi connectivity index (χ1) is 14.9. The quantitative estimate of drug-likeness (QED) is 0.352. The SMILES string of the molecule is C=CC(=N/C=C(\C)N)c1ccc(C2CCC2)c(CCC(C)CNC(=O)/C=C\C=N)c1F. The molecule has 0 saturated heterocycles. The first kappa shape index (κ1) is 24.3. The molecule has 1 aliphatic rings. The van der Waals surface area contributed by atoms with Gasteiger partial charge in [-0.2, -0.15) is 0 Å². The molecule has 166 valence electrons. The fourth-order valence-electron chi connectivity index (χ4n) is 3.56. The predicted octanol–water partition coefficient (Wildman–Crippen LogP) is 4.78. The molecule has 4 N–H and O–H groups in total. The maximum Gasteiger partial charge on any atom is 0.244 e. The van der Waals surface area contributed by atoms with Crippen molar-refractivity contribution in [2.24, 2.45) is 16.6 Å². The Morgan fingerprint density at radius 1 is 1.45 bits per heavy atom.